The largest absolute Gasteiger partial charge is 0.487 e. The number of nitro groups is 2. The van der Waals surface area contributed by atoms with Gasteiger partial charge in [0.15, 0.2) is 0 Å². The van der Waals surface area contributed by atoms with E-state index in [0.29, 0.717) is 5.75 Å². The van der Waals surface area contributed by atoms with Crippen LogP contribution < -0.4 is 4.74 Å². The second-order valence-corrected chi connectivity index (χ2v) is 3.80. The molecule has 1 heterocycles. The second-order valence-electron chi connectivity index (χ2n) is 3.80. The summed E-state index contributed by atoms with van der Waals surface area (Å²) >= 11 is 0. The summed E-state index contributed by atoms with van der Waals surface area (Å²) < 4.78 is 5.35. The lowest BCUT2D eigenvalue weighted by atomic mass is 10.1. The predicted molar refractivity (Wildman–Crippen MR) is 68.3 cm³/mol. The van der Waals surface area contributed by atoms with E-state index in [2.05, 4.69) is 4.98 Å². The maximum atomic E-state index is 10.9. The number of rotatable bonds is 5. The lowest BCUT2D eigenvalue weighted by Crippen LogP contribution is -2.02. The zero-order valence-electron chi connectivity index (χ0n) is 10.1. The van der Waals surface area contributed by atoms with Crippen molar-refractivity contribution in [3.8, 4) is 5.75 Å². The molecule has 0 fully saturated rings. The minimum atomic E-state index is -0.682. The minimum absolute atomic E-state index is 0.0694. The fourth-order valence-electron chi connectivity index (χ4n) is 1.55. The lowest BCUT2D eigenvalue weighted by Gasteiger charge is -2.06. The molecule has 8 heteroatoms. The van der Waals surface area contributed by atoms with Crippen molar-refractivity contribution >= 4 is 11.4 Å². The van der Waals surface area contributed by atoms with Gasteiger partial charge in [-0.15, -0.1) is 0 Å². The van der Waals surface area contributed by atoms with Crippen LogP contribution in [0, 0.1) is 20.2 Å². The van der Waals surface area contributed by atoms with Gasteiger partial charge in [0.05, 0.1) is 27.7 Å². The molecule has 0 amide bonds. The fourth-order valence-corrected chi connectivity index (χ4v) is 1.55. The van der Waals surface area contributed by atoms with Gasteiger partial charge >= 0.3 is 0 Å². The van der Waals surface area contributed by atoms with E-state index in [4.69, 9.17) is 4.74 Å². The van der Waals surface area contributed by atoms with Gasteiger partial charge in [0.1, 0.15) is 12.4 Å². The average molecular weight is 275 g/mol. The summed E-state index contributed by atoms with van der Waals surface area (Å²) in [5.74, 6) is 0.458. The number of hydrogen-bond acceptors (Lipinski definition) is 6. The normalized spacial score (nSPS) is 10.0. The van der Waals surface area contributed by atoms with Gasteiger partial charge in [-0.25, -0.2) is 0 Å². The molecule has 0 aliphatic carbocycles. The molecule has 102 valence electrons. The molecule has 0 aliphatic heterocycles. The molecular formula is C12H9N3O5. The van der Waals surface area contributed by atoms with Crippen LogP contribution >= 0.6 is 0 Å². The summed E-state index contributed by atoms with van der Waals surface area (Å²) in [5, 5.41) is 21.5. The van der Waals surface area contributed by atoms with Gasteiger partial charge in [0, 0.05) is 12.3 Å². The van der Waals surface area contributed by atoms with Crippen molar-refractivity contribution in [3.63, 3.8) is 0 Å². The molecule has 0 spiro atoms. The Kier molecular flexibility index (Phi) is 3.85. The van der Waals surface area contributed by atoms with E-state index in [1.54, 1.807) is 18.3 Å². The highest BCUT2D eigenvalue weighted by molar-refractivity contribution is 5.49. The number of benzene rings is 1. The van der Waals surface area contributed by atoms with Crippen LogP contribution in [0.2, 0.25) is 0 Å². The number of nitro benzene ring substituents is 2. The Labute approximate surface area is 112 Å². The molecule has 2 rings (SSSR count). The number of aromatic nitrogens is 1. The van der Waals surface area contributed by atoms with E-state index in [1.165, 1.54) is 18.3 Å². The second kappa shape index (κ2) is 5.74. The Morgan fingerprint density at radius 1 is 1.15 bits per heavy atom. The van der Waals surface area contributed by atoms with Crippen LogP contribution in [0.25, 0.3) is 0 Å². The summed E-state index contributed by atoms with van der Waals surface area (Å²) in [6.07, 6.45) is 3.04. The minimum Gasteiger partial charge on any atom is -0.487 e. The van der Waals surface area contributed by atoms with Crippen LogP contribution in [0.15, 0.2) is 42.7 Å². The Balaban J connectivity index is 2.23. The molecular weight excluding hydrogens is 266 g/mol. The van der Waals surface area contributed by atoms with Crippen molar-refractivity contribution < 1.29 is 14.6 Å². The van der Waals surface area contributed by atoms with Crippen molar-refractivity contribution in [1.82, 2.24) is 4.98 Å². The number of pyridine rings is 1. The third kappa shape index (κ3) is 3.05. The molecule has 0 bridgehead atoms. The van der Waals surface area contributed by atoms with Gasteiger partial charge in [-0.3, -0.25) is 25.2 Å². The smallest absolute Gasteiger partial charge is 0.282 e. The van der Waals surface area contributed by atoms with E-state index in [-0.39, 0.29) is 23.5 Å². The lowest BCUT2D eigenvalue weighted by molar-refractivity contribution is -0.394. The van der Waals surface area contributed by atoms with E-state index < -0.39 is 9.85 Å². The highest BCUT2D eigenvalue weighted by atomic mass is 16.6. The first-order valence-corrected chi connectivity index (χ1v) is 5.52. The van der Waals surface area contributed by atoms with Crippen LogP contribution in [0.1, 0.15) is 5.56 Å². The molecule has 0 aliphatic rings. The molecule has 0 N–H and O–H groups in total. The van der Waals surface area contributed by atoms with Gasteiger partial charge in [0.2, 0.25) is 0 Å². The van der Waals surface area contributed by atoms with Gasteiger partial charge < -0.3 is 4.74 Å². The summed E-state index contributed by atoms with van der Waals surface area (Å²) in [7, 11) is 0. The van der Waals surface area contributed by atoms with E-state index in [1.807, 2.05) is 0 Å². The number of nitrogens with zero attached hydrogens (tertiary/aromatic N) is 3. The van der Waals surface area contributed by atoms with E-state index >= 15 is 0 Å². The molecule has 0 radical (unpaired) electrons. The third-order valence-electron chi connectivity index (χ3n) is 2.51. The highest BCUT2D eigenvalue weighted by Crippen LogP contribution is 2.25. The molecule has 2 aromatic rings. The van der Waals surface area contributed by atoms with Gasteiger partial charge in [-0.2, -0.15) is 0 Å². The van der Waals surface area contributed by atoms with Crippen LogP contribution in [0.3, 0.4) is 0 Å². The van der Waals surface area contributed by atoms with Gasteiger partial charge in [0.25, 0.3) is 11.4 Å². The van der Waals surface area contributed by atoms with Crippen molar-refractivity contribution in [2.24, 2.45) is 0 Å². The summed E-state index contributed by atoms with van der Waals surface area (Å²) in [4.78, 5) is 24.0. The molecule has 20 heavy (non-hydrogen) atoms. The van der Waals surface area contributed by atoms with Crippen molar-refractivity contribution in [2.75, 3.05) is 0 Å². The van der Waals surface area contributed by atoms with Crippen LogP contribution in [0.5, 0.6) is 5.75 Å². The Morgan fingerprint density at radius 2 is 1.95 bits per heavy atom. The number of ether oxygens (including phenoxy) is 1. The summed E-state index contributed by atoms with van der Waals surface area (Å²) in [5.41, 5.74) is -0.422. The van der Waals surface area contributed by atoms with Crippen molar-refractivity contribution in [3.05, 3.63) is 68.5 Å². The highest BCUT2D eigenvalue weighted by Gasteiger charge is 2.19. The maximum Gasteiger partial charge on any atom is 0.282 e. The first-order valence-electron chi connectivity index (χ1n) is 5.52. The third-order valence-corrected chi connectivity index (χ3v) is 2.51. The average Bonchev–Trinajstić information content (AvgIpc) is 2.45. The molecule has 1 aromatic carbocycles. The Morgan fingerprint density at radius 3 is 2.55 bits per heavy atom. The molecule has 0 saturated heterocycles. The first kappa shape index (κ1) is 13.4. The molecule has 0 saturated carbocycles. The zero-order valence-corrected chi connectivity index (χ0v) is 10.1. The Hall–Kier alpha value is -3.03. The molecule has 8 nitrogen and oxygen atoms in total. The SMILES string of the molecule is O=[N+]([O-])c1ccc(COc2cccnc2)c([N+](=O)[O-])c1. The zero-order chi connectivity index (χ0) is 14.5. The summed E-state index contributed by atoms with van der Waals surface area (Å²) in [6, 6.07) is 6.76. The predicted octanol–water partition coefficient (Wildman–Crippen LogP) is 2.48. The van der Waals surface area contributed by atoms with Crippen LogP contribution in [-0.2, 0) is 6.61 Å². The summed E-state index contributed by atoms with van der Waals surface area (Å²) in [6.45, 7) is -0.0694. The standard InChI is InChI=1S/C12H9N3O5/c16-14(17)10-4-3-9(12(6-10)15(18)19)8-20-11-2-1-5-13-7-11/h1-7H,8H2. The van der Waals surface area contributed by atoms with E-state index in [9.17, 15) is 20.2 Å². The van der Waals surface area contributed by atoms with Crippen molar-refractivity contribution in [2.45, 2.75) is 6.61 Å². The van der Waals surface area contributed by atoms with Crippen molar-refractivity contribution in [1.29, 1.82) is 0 Å². The number of non-ortho nitro benzene ring substituents is 1. The first-order chi connectivity index (χ1) is 9.58. The van der Waals surface area contributed by atoms with Crippen LogP contribution in [0.4, 0.5) is 11.4 Å². The van der Waals surface area contributed by atoms with Gasteiger partial charge in [-0.1, -0.05) is 0 Å². The quantitative estimate of drug-likeness (QED) is 0.612. The molecule has 1 aromatic heterocycles. The maximum absolute atomic E-state index is 10.9. The Bertz CT molecular complexity index is 645. The fraction of sp³-hybridized carbons (Fsp3) is 0.0833. The number of hydrogen-bond donors (Lipinski definition) is 0. The topological polar surface area (TPSA) is 108 Å². The van der Waals surface area contributed by atoms with Gasteiger partial charge in [-0.05, 0) is 18.2 Å². The van der Waals surface area contributed by atoms with Crippen LogP contribution in [-0.4, -0.2) is 14.8 Å². The monoisotopic (exact) mass is 275 g/mol. The molecule has 0 unspecified atom stereocenters. The molecule has 0 atom stereocenters. The van der Waals surface area contributed by atoms with E-state index in [0.717, 1.165) is 6.07 Å².